The summed E-state index contributed by atoms with van der Waals surface area (Å²) in [5.41, 5.74) is 4.89. The highest BCUT2D eigenvalue weighted by atomic mass is 79.9. The van der Waals surface area contributed by atoms with E-state index in [1.807, 2.05) is 38.1 Å². The van der Waals surface area contributed by atoms with Gasteiger partial charge in [-0.25, -0.2) is 0 Å². The van der Waals surface area contributed by atoms with Gasteiger partial charge in [0.05, 0.1) is 0 Å². The zero-order valence-corrected chi connectivity index (χ0v) is 14.0. The molecule has 0 heterocycles. The minimum absolute atomic E-state index is 0.00203. The van der Waals surface area contributed by atoms with E-state index < -0.39 is 0 Å². The average molecular weight is 344 g/mol. The number of hydrogen-bond acceptors (Lipinski definition) is 2. The van der Waals surface area contributed by atoms with E-state index in [9.17, 15) is 4.79 Å². The molecule has 0 aliphatic rings. The molecule has 0 atom stereocenters. The van der Waals surface area contributed by atoms with Crippen molar-refractivity contribution in [2.45, 2.75) is 20.8 Å². The lowest BCUT2D eigenvalue weighted by atomic mass is 10.1. The fourth-order valence-corrected chi connectivity index (χ4v) is 2.28. The lowest BCUT2D eigenvalue weighted by molar-refractivity contribution is 0.104. The Morgan fingerprint density at radius 1 is 1.10 bits per heavy atom. The minimum atomic E-state index is -0.00203. The van der Waals surface area contributed by atoms with Crippen LogP contribution in [0.5, 0.6) is 0 Å². The van der Waals surface area contributed by atoms with E-state index in [1.54, 1.807) is 6.08 Å². The third-order valence-electron chi connectivity index (χ3n) is 3.20. The van der Waals surface area contributed by atoms with Gasteiger partial charge in [0.1, 0.15) is 0 Å². The predicted molar refractivity (Wildman–Crippen MR) is 91.8 cm³/mol. The highest BCUT2D eigenvalue weighted by molar-refractivity contribution is 9.10. The van der Waals surface area contributed by atoms with Gasteiger partial charge in [0.2, 0.25) is 0 Å². The van der Waals surface area contributed by atoms with Crippen LogP contribution in [0.25, 0.3) is 0 Å². The summed E-state index contributed by atoms with van der Waals surface area (Å²) in [5, 5.41) is 3.29. The maximum atomic E-state index is 12.2. The number of anilines is 1. The van der Waals surface area contributed by atoms with Gasteiger partial charge in [-0.3, -0.25) is 4.79 Å². The smallest absolute Gasteiger partial charge is 0.187 e. The van der Waals surface area contributed by atoms with E-state index in [4.69, 9.17) is 0 Å². The van der Waals surface area contributed by atoms with Crippen LogP contribution in [0.15, 0.2) is 58.7 Å². The van der Waals surface area contributed by atoms with Crippen molar-refractivity contribution < 1.29 is 4.79 Å². The number of benzene rings is 2. The Balaban J connectivity index is 2.15. The number of carbonyl (C=O) groups excluding carboxylic acids is 1. The molecule has 0 aromatic heterocycles. The van der Waals surface area contributed by atoms with Crippen molar-refractivity contribution in [1.82, 2.24) is 0 Å². The Bertz CT molecular complexity index is 687. The van der Waals surface area contributed by atoms with Crippen LogP contribution in [0.3, 0.4) is 0 Å². The summed E-state index contributed by atoms with van der Waals surface area (Å²) in [6, 6.07) is 13.6. The van der Waals surface area contributed by atoms with Gasteiger partial charge in [-0.1, -0.05) is 28.1 Å². The summed E-state index contributed by atoms with van der Waals surface area (Å²) >= 11 is 3.37. The zero-order valence-electron chi connectivity index (χ0n) is 12.4. The van der Waals surface area contributed by atoms with E-state index in [2.05, 4.69) is 46.4 Å². The molecule has 0 bridgehead atoms. The number of nitrogens with one attached hydrogen (secondary N) is 1. The normalized spacial score (nSPS) is 11.3. The summed E-state index contributed by atoms with van der Waals surface area (Å²) in [7, 11) is 0. The lowest BCUT2D eigenvalue weighted by Crippen LogP contribution is -2.02. The molecule has 0 saturated carbocycles. The first-order valence-electron chi connectivity index (χ1n) is 6.78. The molecule has 0 radical (unpaired) electrons. The highest BCUT2D eigenvalue weighted by Gasteiger charge is 2.04. The predicted octanol–water partition coefficient (Wildman–Crippen LogP) is 5.26. The number of ketones is 1. The number of hydrogen-bond donors (Lipinski definition) is 1. The Morgan fingerprint density at radius 2 is 1.76 bits per heavy atom. The van der Waals surface area contributed by atoms with Gasteiger partial charge in [-0.15, -0.1) is 0 Å². The second-order valence-corrected chi connectivity index (χ2v) is 6.06. The number of carbonyl (C=O) groups is 1. The van der Waals surface area contributed by atoms with Crippen LogP contribution in [0.1, 0.15) is 28.4 Å². The molecule has 0 aliphatic carbocycles. The van der Waals surface area contributed by atoms with Crippen LogP contribution < -0.4 is 5.32 Å². The first kappa shape index (κ1) is 15.5. The van der Waals surface area contributed by atoms with Gasteiger partial charge in [-0.05, 0) is 62.2 Å². The first-order chi connectivity index (χ1) is 9.95. The third kappa shape index (κ3) is 4.30. The molecular formula is C18H18BrNO. The summed E-state index contributed by atoms with van der Waals surface area (Å²) in [5.74, 6) is -0.00203. The van der Waals surface area contributed by atoms with Crippen LogP contribution in [0.2, 0.25) is 0 Å². The van der Waals surface area contributed by atoms with Crippen molar-refractivity contribution in [3.8, 4) is 0 Å². The first-order valence-corrected chi connectivity index (χ1v) is 7.57. The van der Waals surface area contributed by atoms with Crippen LogP contribution >= 0.6 is 15.9 Å². The molecule has 0 unspecified atom stereocenters. The largest absolute Gasteiger partial charge is 0.359 e. The van der Waals surface area contributed by atoms with Crippen LogP contribution in [0, 0.1) is 13.8 Å². The van der Waals surface area contributed by atoms with Gasteiger partial charge < -0.3 is 5.32 Å². The number of allylic oxidation sites excluding steroid dienone is 2. The van der Waals surface area contributed by atoms with Gasteiger partial charge in [0.15, 0.2) is 5.78 Å². The Hall–Kier alpha value is -1.87. The van der Waals surface area contributed by atoms with Crippen LogP contribution in [0.4, 0.5) is 5.69 Å². The molecule has 0 saturated heterocycles. The average Bonchev–Trinajstić information content (AvgIpc) is 2.43. The van der Waals surface area contributed by atoms with Crippen molar-refractivity contribution in [1.29, 1.82) is 0 Å². The van der Waals surface area contributed by atoms with E-state index in [1.165, 1.54) is 5.56 Å². The summed E-state index contributed by atoms with van der Waals surface area (Å²) in [4.78, 5) is 12.2. The molecule has 3 heteroatoms. The molecule has 0 aliphatic heterocycles. The Morgan fingerprint density at radius 3 is 2.43 bits per heavy atom. The molecule has 1 N–H and O–H groups in total. The third-order valence-corrected chi connectivity index (χ3v) is 3.73. The topological polar surface area (TPSA) is 29.1 Å². The van der Waals surface area contributed by atoms with E-state index in [0.717, 1.165) is 21.4 Å². The number of rotatable bonds is 4. The van der Waals surface area contributed by atoms with Crippen molar-refractivity contribution >= 4 is 27.4 Å². The molecule has 0 amide bonds. The molecule has 2 nitrogen and oxygen atoms in total. The van der Waals surface area contributed by atoms with Gasteiger partial charge >= 0.3 is 0 Å². The van der Waals surface area contributed by atoms with E-state index >= 15 is 0 Å². The fourth-order valence-electron chi connectivity index (χ4n) is 2.01. The molecule has 21 heavy (non-hydrogen) atoms. The molecule has 0 fully saturated rings. The van der Waals surface area contributed by atoms with Gasteiger partial charge in [0, 0.05) is 27.5 Å². The molecular weight excluding hydrogens is 326 g/mol. The molecule has 2 aromatic carbocycles. The van der Waals surface area contributed by atoms with Gasteiger partial charge in [0.25, 0.3) is 0 Å². The maximum absolute atomic E-state index is 12.2. The summed E-state index contributed by atoms with van der Waals surface area (Å²) in [6.45, 7) is 6.00. The van der Waals surface area contributed by atoms with E-state index in [0.29, 0.717) is 5.56 Å². The second-order valence-electron chi connectivity index (χ2n) is 5.14. The Labute approximate surface area is 134 Å². The van der Waals surface area contributed by atoms with Crippen molar-refractivity contribution in [2.24, 2.45) is 0 Å². The fraction of sp³-hybridized carbons (Fsp3) is 0.167. The van der Waals surface area contributed by atoms with Crippen molar-refractivity contribution in [2.75, 3.05) is 5.32 Å². The highest BCUT2D eigenvalue weighted by Crippen LogP contribution is 2.18. The standard InChI is InChI=1S/C18H18BrNO/c1-12-4-5-13(2)17(10-12)20-14(3)11-18(21)15-6-8-16(19)9-7-15/h4-11,20H,1-3H3/b14-11+. The molecule has 0 spiro atoms. The van der Waals surface area contributed by atoms with Gasteiger partial charge in [-0.2, -0.15) is 0 Å². The molecule has 108 valence electrons. The monoisotopic (exact) mass is 343 g/mol. The second kappa shape index (κ2) is 6.72. The van der Waals surface area contributed by atoms with Crippen LogP contribution in [-0.4, -0.2) is 5.78 Å². The quantitative estimate of drug-likeness (QED) is 0.605. The minimum Gasteiger partial charge on any atom is -0.359 e. The summed E-state index contributed by atoms with van der Waals surface area (Å²) in [6.07, 6.45) is 1.63. The maximum Gasteiger partial charge on any atom is 0.187 e. The SMILES string of the molecule is C/C(=C\C(=O)c1ccc(Br)cc1)Nc1cc(C)ccc1C. The lowest BCUT2D eigenvalue weighted by Gasteiger charge is -2.10. The summed E-state index contributed by atoms with van der Waals surface area (Å²) < 4.78 is 0.966. The molecule has 2 aromatic rings. The van der Waals surface area contributed by atoms with Crippen molar-refractivity contribution in [3.05, 3.63) is 75.4 Å². The zero-order chi connectivity index (χ0) is 15.4. The van der Waals surface area contributed by atoms with Crippen LogP contribution in [-0.2, 0) is 0 Å². The number of aryl methyl sites for hydroxylation is 2. The molecule has 2 rings (SSSR count). The van der Waals surface area contributed by atoms with E-state index in [-0.39, 0.29) is 5.78 Å². The Kier molecular flexibility index (Phi) is 4.97. The number of halogens is 1. The van der Waals surface area contributed by atoms with Crippen molar-refractivity contribution in [3.63, 3.8) is 0 Å².